The summed E-state index contributed by atoms with van der Waals surface area (Å²) in [6.45, 7) is 0.366. The molecular weight excluding hydrogens is 326 g/mol. The standard InChI is InChI=1S/C22H23NO3/c24-20(17-11-5-3-6-12-17)19-15-9-1-2-10-16-23(22(19)26)21(25)18-13-7-4-8-14-18/h3-8,11-14,19H,1-2,9-10,15-16H2. The molecule has 1 atom stereocenters. The smallest absolute Gasteiger partial charge is 0.260 e. The quantitative estimate of drug-likeness (QED) is 0.476. The topological polar surface area (TPSA) is 54.5 Å². The molecule has 2 aromatic rings. The van der Waals surface area contributed by atoms with Crippen LogP contribution in [0.3, 0.4) is 0 Å². The van der Waals surface area contributed by atoms with Gasteiger partial charge in [0, 0.05) is 17.7 Å². The van der Waals surface area contributed by atoms with Crippen molar-refractivity contribution in [1.29, 1.82) is 0 Å². The third-order valence-electron chi connectivity index (χ3n) is 4.83. The van der Waals surface area contributed by atoms with Crippen molar-refractivity contribution >= 4 is 17.6 Å². The van der Waals surface area contributed by atoms with Crippen molar-refractivity contribution in [2.24, 2.45) is 5.92 Å². The second kappa shape index (κ2) is 8.56. The number of carbonyl (C=O) groups excluding carboxylic acids is 3. The lowest BCUT2D eigenvalue weighted by Gasteiger charge is -2.24. The third kappa shape index (κ3) is 4.07. The van der Waals surface area contributed by atoms with Crippen molar-refractivity contribution in [2.45, 2.75) is 32.1 Å². The first-order chi connectivity index (χ1) is 12.7. The highest BCUT2D eigenvalue weighted by molar-refractivity contribution is 6.15. The van der Waals surface area contributed by atoms with Crippen LogP contribution in [0.1, 0.15) is 52.8 Å². The van der Waals surface area contributed by atoms with E-state index < -0.39 is 5.92 Å². The largest absolute Gasteiger partial charge is 0.293 e. The summed E-state index contributed by atoms with van der Waals surface area (Å²) in [5.74, 6) is -1.66. The van der Waals surface area contributed by atoms with E-state index in [9.17, 15) is 14.4 Å². The number of Topliss-reactive ketones (excluding diaryl/α,β-unsaturated/α-hetero) is 1. The van der Waals surface area contributed by atoms with Crippen molar-refractivity contribution in [1.82, 2.24) is 4.90 Å². The summed E-state index contributed by atoms with van der Waals surface area (Å²) in [4.78, 5) is 40.3. The number of ketones is 1. The van der Waals surface area contributed by atoms with Crippen LogP contribution in [0.2, 0.25) is 0 Å². The summed E-state index contributed by atoms with van der Waals surface area (Å²) in [6, 6.07) is 17.7. The Balaban J connectivity index is 1.89. The molecule has 26 heavy (non-hydrogen) atoms. The predicted octanol–water partition coefficient (Wildman–Crippen LogP) is 4.12. The molecule has 134 valence electrons. The zero-order chi connectivity index (χ0) is 18.4. The maximum Gasteiger partial charge on any atom is 0.260 e. The number of hydrogen-bond donors (Lipinski definition) is 0. The molecule has 1 aliphatic rings. The average Bonchev–Trinajstić information content (AvgIpc) is 2.79. The minimum Gasteiger partial charge on any atom is -0.293 e. The summed E-state index contributed by atoms with van der Waals surface area (Å²) < 4.78 is 0. The molecule has 4 nitrogen and oxygen atoms in total. The first kappa shape index (κ1) is 18.1. The van der Waals surface area contributed by atoms with E-state index in [0.29, 0.717) is 24.1 Å². The first-order valence-corrected chi connectivity index (χ1v) is 9.18. The molecule has 1 aliphatic heterocycles. The van der Waals surface area contributed by atoms with E-state index >= 15 is 0 Å². The highest BCUT2D eigenvalue weighted by atomic mass is 16.2. The van der Waals surface area contributed by atoms with Gasteiger partial charge in [0.15, 0.2) is 5.78 Å². The van der Waals surface area contributed by atoms with Gasteiger partial charge in [0.25, 0.3) is 5.91 Å². The van der Waals surface area contributed by atoms with Crippen LogP contribution in [-0.2, 0) is 4.79 Å². The highest BCUT2D eigenvalue weighted by Crippen LogP contribution is 2.23. The maximum atomic E-state index is 13.2. The SMILES string of the molecule is O=C(c1ccccc1)C1CCCCCCN(C(=O)c2ccccc2)C1=O. The lowest BCUT2D eigenvalue weighted by atomic mass is 9.91. The number of carbonyl (C=O) groups is 3. The Hall–Kier alpha value is -2.75. The average molecular weight is 349 g/mol. The van der Waals surface area contributed by atoms with E-state index in [2.05, 4.69) is 0 Å². The monoisotopic (exact) mass is 349 g/mol. The number of nitrogens with zero attached hydrogens (tertiary/aromatic N) is 1. The Morgan fingerprint density at radius 2 is 1.35 bits per heavy atom. The number of imide groups is 1. The van der Waals surface area contributed by atoms with Crippen LogP contribution in [0.25, 0.3) is 0 Å². The van der Waals surface area contributed by atoms with Gasteiger partial charge in [-0.3, -0.25) is 19.3 Å². The summed E-state index contributed by atoms with van der Waals surface area (Å²) in [5.41, 5.74) is 1.00. The molecule has 1 fully saturated rings. The van der Waals surface area contributed by atoms with Gasteiger partial charge in [-0.2, -0.15) is 0 Å². The van der Waals surface area contributed by atoms with Crippen molar-refractivity contribution < 1.29 is 14.4 Å². The van der Waals surface area contributed by atoms with Crippen molar-refractivity contribution in [3.63, 3.8) is 0 Å². The Morgan fingerprint density at radius 3 is 2.00 bits per heavy atom. The van der Waals surface area contributed by atoms with E-state index in [-0.39, 0.29) is 17.6 Å². The second-order valence-electron chi connectivity index (χ2n) is 6.65. The van der Waals surface area contributed by atoms with Crippen LogP contribution in [-0.4, -0.2) is 29.0 Å². The third-order valence-corrected chi connectivity index (χ3v) is 4.83. The molecule has 0 spiro atoms. The van der Waals surface area contributed by atoms with E-state index in [0.717, 1.165) is 25.7 Å². The van der Waals surface area contributed by atoms with Gasteiger partial charge < -0.3 is 0 Å². The molecule has 0 radical (unpaired) electrons. The Kier molecular flexibility index (Phi) is 5.95. The van der Waals surface area contributed by atoms with E-state index in [1.807, 2.05) is 12.1 Å². The zero-order valence-electron chi connectivity index (χ0n) is 14.8. The van der Waals surface area contributed by atoms with Crippen LogP contribution in [0, 0.1) is 5.92 Å². The summed E-state index contributed by atoms with van der Waals surface area (Å²) in [5, 5.41) is 0. The van der Waals surface area contributed by atoms with E-state index in [1.54, 1.807) is 48.5 Å². The molecular formula is C22H23NO3. The molecule has 1 unspecified atom stereocenters. The normalized spacial score (nSPS) is 18.5. The van der Waals surface area contributed by atoms with Crippen LogP contribution >= 0.6 is 0 Å². The Morgan fingerprint density at radius 1 is 0.769 bits per heavy atom. The van der Waals surface area contributed by atoms with Crippen molar-refractivity contribution in [3.8, 4) is 0 Å². The van der Waals surface area contributed by atoms with Crippen molar-refractivity contribution in [3.05, 3.63) is 71.8 Å². The molecule has 0 saturated carbocycles. The molecule has 2 amide bonds. The lowest BCUT2D eigenvalue weighted by Crippen LogP contribution is -2.43. The molecule has 0 aliphatic carbocycles. The van der Waals surface area contributed by atoms with Gasteiger partial charge >= 0.3 is 0 Å². The summed E-state index contributed by atoms with van der Waals surface area (Å²) >= 11 is 0. The van der Waals surface area contributed by atoms with Crippen molar-refractivity contribution in [2.75, 3.05) is 6.54 Å². The summed E-state index contributed by atoms with van der Waals surface area (Å²) in [6.07, 6.45) is 4.02. The fourth-order valence-corrected chi connectivity index (χ4v) is 3.38. The zero-order valence-corrected chi connectivity index (χ0v) is 14.8. The molecule has 4 heteroatoms. The van der Waals surface area contributed by atoms with Gasteiger partial charge in [-0.25, -0.2) is 0 Å². The number of rotatable bonds is 3. The molecule has 1 heterocycles. The highest BCUT2D eigenvalue weighted by Gasteiger charge is 2.34. The Bertz CT molecular complexity index is 705. The predicted molar refractivity (Wildman–Crippen MR) is 99.8 cm³/mol. The van der Waals surface area contributed by atoms with Crippen LogP contribution < -0.4 is 0 Å². The van der Waals surface area contributed by atoms with E-state index in [4.69, 9.17) is 0 Å². The molecule has 0 N–H and O–H groups in total. The maximum absolute atomic E-state index is 13.2. The van der Waals surface area contributed by atoms with E-state index in [1.165, 1.54) is 4.90 Å². The second-order valence-corrected chi connectivity index (χ2v) is 6.65. The molecule has 3 rings (SSSR count). The van der Waals surface area contributed by atoms with Crippen LogP contribution in [0.5, 0.6) is 0 Å². The Labute approximate surface area is 153 Å². The molecule has 0 bridgehead atoms. The van der Waals surface area contributed by atoms with Gasteiger partial charge in [-0.05, 0) is 25.0 Å². The number of amides is 2. The van der Waals surface area contributed by atoms with Gasteiger partial charge in [0.2, 0.25) is 5.91 Å². The molecule has 2 aromatic carbocycles. The minimum atomic E-state index is -0.789. The lowest BCUT2D eigenvalue weighted by molar-refractivity contribution is -0.131. The minimum absolute atomic E-state index is 0.191. The van der Waals surface area contributed by atoms with Crippen LogP contribution in [0.4, 0.5) is 0 Å². The fourth-order valence-electron chi connectivity index (χ4n) is 3.38. The van der Waals surface area contributed by atoms with Crippen LogP contribution in [0.15, 0.2) is 60.7 Å². The van der Waals surface area contributed by atoms with Gasteiger partial charge in [-0.1, -0.05) is 67.8 Å². The molecule has 1 saturated heterocycles. The number of benzene rings is 2. The molecule has 0 aromatic heterocycles. The first-order valence-electron chi connectivity index (χ1n) is 9.18. The number of hydrogen-bond acceptors (Lipinski definition) is 3. The van der Waals surface area contributed by atoms with Gasteiger partial charge in [0.1, 0.15) is 5.92 Å². The van der Waals surface area contributed by atoms with Gasteiger partial charge in [0.05, 0.1) is 0 Å². The summed E-state index contributed by atoms with van der Waals surface area (Å²) in [7, 11) is 0. The van der Waals surface area contributed by atoms with Gasteiger partial charge in [-0.15, -0.1) is 0 Å². The fraction of sp³-hybridized carbons (Fsp3) is 0.318.